The van der Waals surface area contributed by atoms with Gasteiger partial charge >= 0.3 is 0 Å². The van der Waals surface area contributed by atoms with E-state index in [9.17, 15) is 0 Å². The molecule has 0 amide bonds. The van der Waals surface area contributed by atoms with Crippen molar-refractivity contribution in [1.82, 2.24) is 4.98 Å². The Morgan fingerprint density at radius 3 is 2.56 bits per heavy atom. The Hall–Kier alpha value is -1.56. The Kier molecular flexibility index (Phi) is 2.28. The fourth-order valence-electron chi connectivity index (χ4n) is 2.28. The molecule has 3 nitrogen and oxygen atoms in total. The summed E-state index contributed by atoms with van der Waals surface area (Å²) in [5.41, 5.74) is 0.683. The third-order valence-electron chi connectivity index (χ3n) is 3.46. The van der Waals surface area contributed by atoms with Crippen LogP contribution in [0.1, 0.15) is 31.2 Å². The van der Waals surface area contributed by atoms with E-state index in [-0.39, 0.29) is 0 Å². The van der Waals surface area contributed by atoms with E-state index in [2.05, 4.69) is 16.4 Å². The second-order valence-corrected chi connectivity index (χ2v) is 4.89. The molecule has 1 heterocycles. The molecule has 82 valence electrons. The lowest BCUT2D eigenvalue weighted by molar-refractivity contribution is 0.565. The Bertz CT molecular complexity index is 415. The molecule has 0 radical (unpaired) electrons. The second-order valence-electron chi connectivity index (χ2n) is 4.89. The normalized spacial score (nSPS) is 19.5. The monoisotopic (exact) mass is 213 g/mol. The van der Waals surface area contributed by atoms with Gasteiger partial charge in [-0.05, 0) is 49.7 Å². The van der Waals surface area contributed by atoms with Gasteiger partial charge in [0.15, 0.2) is 0 Å². The lowest BCUT2D eigenvalue weighted by Crippen LogP contribution is -2.24. The van der Waals surface area contributed by atoms with Crippen LogP contribution < -0.4 is 5.32 Å². The molecule has 2 aliphatic carbocycles. The quantitative estimate of drug-likeness (QED) is 0.836. The smallest absolute Gasteiger partial charge is 0.127 e. The van der Waals surface area contributed by atoms with E-state index in [0.717, 1.165) is 17.7 Å². The highest BCUT2D eigenvalue weighted by atomic mass is 15.0. The van der Waals surface area contributed by atoms with Crippen LogP contribution in [0.25, 0.3) is 0 Å². The van der Waals surface area contributed by atoms with E-state index in [4.69, 9.17) is 5.26 Å². The minimum Gasteiger partial charge on any atom is -0.367 e. The Morgan fingerprint density at radius 1 is 1.31 bits per heavy atom. The van der Waals surface area contributed by atoms with Crippen molar-refractivity contribution in [1.29, 1.82) is 5.26 Å². The fourth-order valence-corrected chi connectivity index (χ4v) is 2.28. The highest BCUT2D eigenvalue weighted by Gasteiger charge is 2.41. The van der Waals surface area contributed by atoms with Crippen LogP contribution in [0.15, 0.2) is 18.3 Å². The van der Waals surface area contributed by atoms with Crippen molar-refractivity contribution in [3.8, 4) is 6.07 Å². The molecular formula is C13H15N3. The molecular weight excluding hydrogens is 198 g/mol. The molecule has 3 heteroatoms. The zero-order valence-corrected chi connectivity index (χ0v) is 9.19. The van der Waals surface area contributed by atoms with Crippen LogP contribution in [0.5, 0.6) is 0 Å². The number of anilines is 1. The predicted molar refractivity (Wildman–Crippen MR) is 61.8 cm³/mol. The van der Waals surface area contributed by atoms with Crippen LogP contribution in [0, 0.1) is 23.2 Å². The van der Waals surface area contributed by atoms with Gasteiger partial charge in [-0.15, -0.1) is 0 Å². The van der Waals surface area contributed by atoms with Gasteiger partial charge in [0.1, 0.15) is 5.82 Å². The molecule has 2 fully saturated rings. The van der Waals surface area contributed by atoms with Gasteiger partial charge in [-0.25, -0.2) is 4.98 Å². The first kappa shape index (κ1) is 9.65. The fraction of sp³-hybridized carbons (Fsp3) is 0.538. The summed E-state index contributed by atoms with van der Waals surface area (Å²) >= 11 is 0. The largest absolute Gasteiger partial charge is 0.367 e. The molecule has 0 unspecified atom stereocenters. The van der Waals surface area contributed by atoms with E-state index in [1.54, 1.807) is 12.3 Å². The molecule has 1 aromatic rings. The molecule has 2 saturated carbocycles. The highest BCUT2D eigenvalue weighted by Crippen LogP contribution is 2.45. The zero-order valence-electron chi connectivity index (χ0n) is 9.19. The van der Waals surface area contributed by atoms with Crippen molar-refractivity contribution in [2.45, 2.75) is 31.7 Å². The predicted octanol–water partition coefficient (Wildman–Crippen LogP) is 2.55. The molecule has 0 bridgehead atoms. The van der Waals surface area contributed by atoms with Gasteiger partial charge in [0.05, 0.1) is 11.6 Å². The van der Waals surface area contributed by atoms with Gasteiger partial charge in [-0.3, -0.25) is 0 Å². The standard InChI is InChI=1S/C13H15N3/c14-8-9-5-6-15-12(7-9)16-13(10-1-2-10)11-3-4-11/h5-7,10-11,13H,1-4H2,(H,15,16). The summed E-state index contributed by atoms with van der Waals surface area (Å²) < 4.78 is 0. The van der Waals surface area contributed by atoms with Crippen molar-refractivity contribution < 1.29 is 0 Å². The van der Waals surface area contributed by atoms with E-state index in [0.29, 0.717) is 11.6 Å². The number of nitrogens with zero attached hydrogens (tertiary/aromatic N) is 2. The minimum atomic E-state index is 0.599. The highest BCUT2D eigenvalue weighted by molar-refractivity contribution is 5.43. The molecule has 0 saturated heterocycles. The van der Waals surface area contributed by atoms with Crippen molar-refractivity contribution in [3.63, 3.8) is 0 Å². The molecule has 0 spiro atoms. The third kappa shape index (κ3) is 2.01. The van der Waals surface area contributed by atoms with Crippen LogP contribution in [-0.4, -0.2) is 11.0 Å². The molecule has 0 aliphatic heterocycles. The topological polar surface area (TPSA) is 48.7 Å². The number of nitriles is 1. The van der Waals surface area contributed by atoms with Gasteiger partial charge < -0.3 is 5.32 Å². The molecule has 16 heavy (non-hydrogen) atoms. The van der Waals surface area contributed by atoms with Crippen molar-refractivity contribution in [2.24, 2.45) is 11.8 Å². The first-order valence-electron chi connectivity index (χ1n) is 5.99. The lowest BCUT2D eigenvalue weighted by Gasteiger charge is -2.18. The third-order valence-corrected chi connectivity index (χ3v) is 3.46. The number of aromatic nitrogens is 1. The van der Waals surface area contributed by atoms with Crippen LogP contribution >= 0.6 is 0 Å². The SMILES string of the molecule is N#Cc1ccnc(NC(C2CC2)C2CC2)c1. The van der Waals surface area contributed by atoms with E-state index in [1.165, 1.54) is 25.7 Å². The number of rotatable bonds is 4. The zero-order chi connectivity index (χ0) is 11.0. The van der Waals surface area contributed by atoms with E-state index in [1.807, 2.05) is 6.07 Å². The molecule has 2 aliphatic rings. The summed E-state index contributed by atoms with van der Waals surface area (Å²) in [6, 6.07) is 6.34. The summed E-state index contributed by atoms with van der Waals surface area (Å²) in [7, 11) is 0. The summed E-state index contributed by atoms with van der Waals surface area (Å²) in [5.74, 6) is 2.56. The molecule has 0 aromatic carbocycles. The van der Waals surface area contributed by atoms with E-state index < -0.39 is 0 Å². The molecule has 0 atom stereocenters. The summed E-state index contributed by atoms with van der Waals surface area (Å²) in [6.07, 6.45) is 7.12. The van der Waals surface area contributed by atoms with E-state index >= 15 is 0 Å². The van der Waals surface area contributed by atoms with Crippen molar-refractivity contribution >= 4 is 5.82 Å². The maximum atomic E-state index is 8.83. The minimum absolute atomic E-state index is 0.599. The molecule has 1 N–H and O–H groups in total. The van der Waals surface area contributed by atoms with Gasteiger partial charge in [0.2, 0.25) is 0 Å². The van der Waals surface area contributed by atoms with Crippen LogP contribution in [0.4, 0.5) is 5.82 Å². The Balaban J connectivity index is 1.73. The van der Waals surface area contributed by atoms with Crippen LogP contribution in [0.2, 0.25) is 0 Å². The lowest BCUT2D eigenvalue weighted by atomic mass is 10.1. The van der Waals surface area contributed by atoms with Crippen molar-refractivity contribution in [2.75, 3.05) is 5.32 Å². The first-order chi connectivity index (χ1) is 7.86. The van der Waals surface area contributed by atoms with Gasteiger partial charge in [-0.1, -0.05) is 0 Å². The number of nitrogens with one attached hydrogen (secondary N) is 1. The summed E-state index contributed by atoms with van der Waals surface area (Å²) in [4.78, 5) is 4.29. The number of hydrogen-bond donors (Lipinski definition) is 1. The molecule has 3 rings (SSSR count). The molecule has 1 aromatic heterocycles. The van der Waals surface area contributed by atoms with Crippen LogP contribution in [-0.2, 0) is 0 Å². The Morgan fingerprint density at radius 2 is 2.00 bits per heavy atom. The van der Waals surface area contributed by atoms with Gasteiger partial charge in [0.25, 0.3) is 0 Å². The first-order valence-corrected chi connectivity index (χ1v) is 5.99. The van der Waals surface area contributed by atoms with Gasteiger partial charge in [-0.2, -0.15) is 5.26 Å². The second kappa shape index (κ2) is 3.79. The van der Waals surface area contributed by atoms with Gasteiger partial charge in [0, 0.05) is 12.2 Å². The maximum Gasteiger partial charge on any atom is 0.127 e. The number of pyridine rings is 1. The Labute approximate surface area is 95.5 Å². The number of hydrogen-bond acceptors (Lipinski definition) is 3. The summed E-state index contributed by atoms with van der Waals surface area (Å²) in [5, 5.41) is 12.3. The summed E-state index contributed by atoms with van der Waals surface area (Å²) in [6.45, 7) is 0. The average Bonchev–Trinajstić information content (AvgIpc) is 3.18. The van der Waals surface area contributed by atoms with Crippen LogP contribution in [0.3, 0.4) is 0 Å². The average molecular weight is 213 g/mol. The van der Waals surface area contributed by atoms with Crippen molar-refractivity contribution in [3.05, 3.63) is 23.9 Å². The maximum absolute atomic E-state index is 8.83.